The number of hydrogen-bond donors (Lipinski definition) is 1. The van der Waals surface area contributed by atoms with Gasteiger partial charge in [0.1, 0.15) is 39.4 Å². The maximum atomic E-state index is 15.4. The second kappa shape index (κ2) is 25.8. The summed E-state index contributed by atoms with van der Waals surface area (Å²) in [5.74, 6) is -19.4. The number of ether oxygens (including phenoxy) is 4. The molecule has 1 N–H and O–H groups in total. The lowest BCUT2D eigenvalue weighted by Gasteiger charge is -2.49. The van der Waals surface area contributed by atoms with Crippen LogP contribution in [0.25, 0.3) is 11.1 Å². The smallest absolute Gasteiger partial charge is 0.300 e. The third-order valence-corrected chi connectivity index (χ3v) is 23.2. The van der Waals surface area contributed by atoms with Crippen LogP contribution in [-0.2, 0) is 62.2 Å². The average Bonchev–Trinajstić information content (AvgIpc) is 0.771. The molecule has 8 aromatic rings. The van der Waals surface area contributed by atoms with Crippen molar-refractivity contribution in [3.63, 3.8) is 0 Å². The van der Waals surface area contributed by atoms with E-state index in [1.807, 2.05) is 24.3 Å². The largest absolute Gasteiger partial charge is 0.457 e. The van der Waals surface area contributed by atoms with Crippen LogP contribution < -0.4 is 14.2 Å². The molecule has 4 aliphatic rings. The van der Waals surface area contributed by atoms with Gasteiger partial charge in [0.05, 0.1) is 34.6 Å². The fourth-order valence-corrected chi connectivity index (χ4v) is 17.9. The van der Waals surface area contributed by atoms with E-state index in [-0.39, 0.29) is 57.1 Å². The van der Waals surface area contributed by atoms with Crippen LogP contribution in [0.5, 0.6) is 34.5 Å². The van der Waals surface area contributed by atoms with Crippen molar-refractivity contribution in [2.45, 2.75) is 134 Å². The molecule has 6 unspecified atom stereocenters. The van der Waals surface area contributed by atoms with E-state index < -0.39 is 119 Å². The van der Waals surface area contributed by atoms with E-state index in [2.05, 4.69) is 24.3 Å². The van der Waals surface area contributed by atoms with E-state index in [0.717, 1.165) is 111 Å². The molecule has 0 radical (unpaired) electrons. The fourth-order valence-electron chi connectivity index (χ4n) is 15.1. The number of halogens is 8. The van der Waals surface area contributed by atoms with Gasteiger partial charge in [0.2, 0.25) is 27.2 Å². The van der Waals surface area contributed by atoms with Crippen molar-refractivity contribution >= 4 is 30.1 Å². The summed E-state index contributed by atoms with van der Waals surface area (Å²) in [6.45, 7) is 1.20. The number of hydrogen-bond acceptors (Lipinski definition) is 11. The molecule has 494 valence electrons. The Bertz CT molecular complexity index is 4540. The molecule has 6 atom stereocenters. The van der Waals surface area contributed by atoms with Crippen molar-refractivity contribution in [3.8, 4) is 45.6 Å². The molecule has 4 saturated carbocycles. The van der Waals surface area contributed by atoms with Gasteiger partial charge in [-0.15, -0.1) is 0 Å². The molecule has 12 nitrogen and oxygen atoms in total. The molecule has 94 heavy (non-hydrogen) atoms. The molecule has 0 saturated heterocycles. The maximum absolute atomic E-state index is 15.4. The van der Waals surface area contributed by atoms with E-state index in [9.17, 15) is 47.4 Å². The molecule has 12 rings (SSSR count). The van der Waals surface area contributed by atoms with Crippen LogP contribution in [0.15, 0.2) is 148 Å². The molecule has 8 aromatic carbocycles. The van der Waals surface area contributed by atoms with E-state index in [1.165, 1.54) is 42.7 Å². The highest BCUT2D eigenvalue weighted by Gasteiger charge is 2.46. The highest BCUT2D eigenvalue weighted by molar-refractivity contribution is 7.91. The predicted octanol–water partition coefficient (Wildman–Crippen LogP) is 17.9. The lowest BCUT2D eigenvalue weighted by molar-refractivity contribution is 0.131. The van der Waals surface area contributed by atoms with E-state index in [1.54, 1.807) is 43.5 Å². The maximum Gasteiger partial charge on any atom is 0.300 e. The second-order valence-electron chi connectivity index (χ2n) is 25.3. The van der Waals surface area contributed by atoms with E-state index in [0.29, 0.717) is 31.6 Å². The Kier molecular flexibility index (Phi) is 18.2. The summed E-state index contributed by atoms with van der Waals surface area (Å²) in [5.41, 5.74) is -0.344. The number of methoxy groups -OCH3 is 1. The quantitative estimate of drug-likeness (QED) is 0.0352. The van der Waals surface area contributed by atoms with Crippen molar-refractivity contribution in [2.24, 2.45) is 11.8 Å². The van der Waals surface area contributed by atoms with Crippen molar-refractivity contribution in [1.82, 2.24) is 0 Å². The minimum Gasteiger partial charge on any atom is -0.457 e. The number of benzene rings is 8. The van der Waals surface area contributed by atoms with Gasteiger partial charge < -0.3 is 18.9 Å². The predicted molar refractivity (Wildman–Crippen MR) is 332 cm³/mol. The van der Waals surface area contributed by atoms with Gasteiger partial charge >= 0.3 is 0 Å². The molecular weight excluding hydrogens is 1290 g/mol. The van der Waals surface area contributed by atoms with Crippen LogP contribution in [0.4, 0.5) is 35.1 Å². The minimum absolute atomic E-state index is 0.0477. The number of rotatable bonds is 19. The first kappa shape index (κ1) is 66.4. The molecule has 0 amide bonds. The van der Waals surface area contributed by atoms with Gasteiger partial charge in [0.25, 0.3) is 20.2 Å². The van der Waals surface area contributed by atoms with Crippen LogP contribution in [0.2, 0.25) is 0 Å². The summed E-state index contributed by atoms with van der Waals surface area (Å²) in [7, 11) is -11.5. The first-order chi connectivity index (χ1) is 44.7. The average molecular weight is 1360 g/mol. The Morgan fingerprint density at radius 1 is 0.500 bits per heavy atom. The SMILES string of the molecule is COCc1ccc(C23CCCC(CC(c4ccc(Oc5ccc(S(=O)(=O)c6ccc(Oc7ccc(C89CCCC(CC(c%10ccc(Oc%11c(F)c(F)c(-c%12c(F)c(F)c(C)c(F)c%12F)c(F)c%11F)cc%10)C8)C9)cc7)c(CS(=O)(=O)O)c6)cc5S(=O)(=O)OC)cc4)C2)C3)cc1. The van der Waals surface area contributed by atoms with Crippen molar-refractivity contribution < 1.29 is 88.1 Å². The van der Waals surface area contributed by atoms with Crippen molar-refractivity contribution in [3.05, 3.63) is 219 Å². The molecule has 0 aromatic heterocycles. The Labute approximate surface area is 539 Å². The van der Waals surface area contributed by atoms with Crippen molar-refractivity contribution in [1.29, 1.82) is 0 Å². The highest BCUT2D eigenvalue weighted by atomic mass is 32.2. The van der Waals surface area contributed by atoms with Gasteiger partial charge in [0.15, 0.2) is 34.9 Å². The molecule has 0 heterocycles. The summed E-state index contributed by atoms with van der Waals surface area (Å²) in [4.78, 5) is -1.54. The molecule has 4 bridgehead atoms. The Balaban J connectivity index is 0.741. The van der Waals surface area contributed by atoms with Crippen molar-refractivity contribution in [2.75, 3.05) is 14.2 Å². The van der Waals surface area contributed by atoms with Gasteiger partial charge in [-0.1, -0.05) is 86.3 Å². The minimum atomic E-state index is -4.81. The first-order valence-corrected chi connectivity index (χ1v) is 35.1. The third-order valence-electron chi connectivity index (χ3n) is 19.5. The zero-order valence-electron chi connectivity index (χ0n) is 51.1. The summed E-state index contributed by atoms with van der Waals surface area (Å²) in [6, 6.07) is 35.8. The number of fused-ring (bicyclic) bond motifs is 4. The fraction of sp³-hybridized carbons (Fsp3) is 0.324. The van der Waals surface area contributed by atoms with Crippen LogP contribution in [-0.4, -0.2) is 44.0 Å². The van der Waals surface area contributed by atoms with Gasteiger partial charge in [-0.3, -0.25) is 8.74 Å². The zero-order chi connectivity index (χ0) is 66.8. The van der Waals surface area contributed by atoms with Gasteiger partial charge in [-0.25, -0.2) is 34.8 Å². The summed E-state index contributed by atoms with van der Waals surface area (Å²) in [6.07, 6.45) is 11.5. The monoisotopic (exact) mass is 1360 g/mol. The third kappa shape index (κ3) is 12.9. The van der Waals surface area contributed by atoms with Gasteiger partial charge in [-0.2, -0.15) is 25.6 Å². The lowest BCUT2D eigenvalue weighted by atomic mass is 9.55. The lowest BCUT2D eigenvalue weighted by Crippen LogP contribution is -2.39. The summed E-state index contributed by atoms with van der Waals surface area (Å²) < 4.78 is 239. The molecular formula is C71H64F8O12S3. The summed E-state index contributed by atoms with van der Waals surface area (Å²) >= 11 is 0. The Morgan fingerprint density at radius 3 is 1.41 bits per heavy atom. The summed E-state index contributed by atoms with van der Waals surface area (Å²) in [5, 5.41) is 0. The molecule has 23 heteroatoms. The van der Waals surface area contributed by atoms with Crippen LogP contribution in [0.3, 0.4) is 0 Å². The highest BCUT2D eigenvalue weighted by Crippen LogP contribution is 2.57. The normalized spacial score (nSPS) is 21.4. The molecule has 4 fully saturated rings. The van der Waals surface area contributed by atoms with Crippen LogP contribution >= 0.6 is 0 Å². The standard InChI is InChI=1S/C71H64F8O12S3/c1-40-61(72)63(74)59(64(75)62(40)73)60-65(76)67(78)69(68(79)66(60)77)91-53-20-12-45(13-21-53)47-31-43-7-5-29-71(35-43,37-47)50-16-22-52(23-17-50)89-56-26-24-54(32-48(56)39-92(80,81)82)93(83,84)55-25-27-57(58(33-55)94(85,86)88-3)90-51-18-10-44(11-19-51)46-30-42-6-4-28-70(34-42,36-46)49-14-8-41(9-15-49)38-87-2/h8-27,32-33,42-43,46-47H,4-7,28-31,34-39H2,1-3H3,(H,80,81,82). The van der Waals surface area contributed by atoms with Crippen LogP contribution in [0, 0.1) is 65.3 Å². The molecule has 0 aliphatic heterocycles. The molecule has 4 aliphatic carbocycles. The number of sulfone groups is 1. The first-order valence-electron chi connectivity index (χ1n) is 30.6. The second-order valence-corrected chi connectivity index (χ2v) is 30.4. The topological polar surface area (TPSA) is 169 Å². The van der Waals surface area contributed by atoms with Gasteiger partial charge in [0, 0.05) is 18.2 Å². The Hall–Kier alpha value is -7.67. The molecule has 0 spiro atoms. The van der Waals surface area contributed by atoms with Gasteiger partial charge in [-0.05, 0) is 193 Å². The Morgan fingerprint density at radius 2 is 0.936 bits per heavy atom. The van der Waals surface area contributed by atoms with E-state index in [4.69, 9.17) is 23.1 Å². The zero-order valence-corrected chi connectivity index (χ0v) is 53.5. The van der Waals surface area contributed by atoms with E-state index >= 15 is 17.6 Å². The van der Waals surface area contributed by atoms with Crippen LogP contribution in [0.1, 0.15) is 128 Å².